The monoisotopic (exact) mass is 300 g/mol. The molecule has 1 amide bonds. The van der Waals surface area contributed by atoms with E-state index in [1.807, 2.05) is 19.1 Å². The van der Waals surface area contributed by atoms with Crippen molar-refractivity contribution in [1.29, 1.82) is 0 Å². The van der Waals surface area contributed by atoms with Gasteiger partial charge in [-0.3, -0.25) is 4.79 Å². The van der Waals surface area contributed by atoms with Gasteiger partial charge < -0.3 is 10.0 Å². The number of benzene rings is 1. The highest BCUT2D eigenvalue weighted by Gasteiger charge is 2.35. The fourth-order valence-corrected chi connectivity index (χ4v) is 2.75. The number of aryl methyl sites for hydroxylation is 1. The van der Waals surface area contributed by atoms with Crippen LogP contribution in [0.2, 0.25) is 0 Å². The topological polar surface area (TPSA) is 88.3 Å². The summed E-state index contributed by atoms with van der Waals surface area (Å²) in [6.07, 6.45) is 4.26. The molecule has 22 heavy (non-hydrogen) atoms. The Kier molecular flexibility index (Phi) is 3.62. The van der Waals surface area contributed by atoms with Gasteiger partial charge in [-0.2, -0.15) is 15.0 Å². The van der Waals surface area contributed by atoms with Gasteiger partial charge in [-0.25, -0.2) is 4.79 Å². The largest absolute Gasteiger partial charge is 0.480 e. The maximum atomic E-state index is 12.8. The SMILES string of the molecule is Cc1ccc(C(=O)N2CCC[C@H]2C(=O)O)c(-n2nccn2)c1. The molecule has 0 radical (unpaired) electrons. The number of carbonyl (C=O) groups excluding carboxylic acids is 1. The number of aromatic nitrogens is 3. The number of aliphatic carboxylic acids is 1. The van der Waals surface area contributed by atoms with Crippen LogP contribution in [0, 0.1) is 6.92 Å². The average molecular weight is 300 g/mol. The molecule has 1 aromatic carbocycles. The molecule has 1 N–H and O–H groups in total. The number of likely N-dealkylation sites (tertiary alicyclic amines) is 1. The van der Waals surface area contributed by atoms with Gasteiger partial charge in [0.2, 0.25) is 0 Å². The molecule has 114 valence electrons. The number of carbonyl (C=O) groups is 2. The molecule has 1 atom stereocenters. The van der Waals surface area contributed by atoms with Gasteiger partial charge in [0.25, 0.3) is 5.91 Å². The van der Waals surface area contributed by atoms with Gasteiger partial charge >= 0.3 is 5.97 Å². The van der Waals surface area contributed by atoms with E-state index in [0.717, 1.165) is 5.56 Å². The third kappa shape index (κ3) is 2.45. The molecule has 0 aliphatic carbocycles. The first kappa shape index (κ1) is 14.2. The Morgan fingerprint density at radius 1 is 1.27 bits per heavy atom. The van der Waals surface area contributed by atoms with E-state index in [4.69, 9.17) is 0 Å². The van der Waals surface area contributed by atoms with E-state index in [0.29, 0.717) is 30.6 Å². The van der Waals surface area contributed by atoms with Crippen LogP contribution >= 0.6 is 0 Å². The molecule has 2 aromatic rings. The van der Waals surface area contributed by atoms with Crippen molar-refractivity contribution in [2.45, 2.75) is 25.8 Å². The van der Waals surface area contributed by atoms with Crippen molar-refractivity contribution in [2.24, 2.45) is 0 Å². The number of amides is 1. The number of hydrogen-bond acceptors (Lipinski definition) is 4. The fourth-order valence-electron chi connectivity index (χ4n) is 2.75. The molecule has 0 saturated carbocycles. The molecule has 3 rings (SSSR count). The standard InChI is InChI=1S/C15H16N4O3/c1-10-4-5-11(13(9-10)19-16-6-7-17-19)14(20)18-8-2-3-12(18)15(21)22/h4-7,9,12H,2-3,8H2,1H3,(H,21,22)/t12-/m0/s1. The van der Waals surface area contributed by atoms with E-state index < -0.39 is 12.0 Å². The molecule has 1 aliphatic rings. The normalized spacial score (nSPS) is 17.7. The highest BCUT2D eigenvalue weighted by Crippen LogP contribution is 2.23. The number of nitrogens with zero attached hydrogens (tertiary/aromatic N) is 4. The first-order valence-electron chi connectivity index (χ1n) is 7.09. The lowest BCUT2D eigenvalue weighted by atomic mass is 10.1. The van der Waals surface area contributed by atoms with E-state index in [2.05, 4.69) is 10.2 Å². The van der Waals surface area contributed by atoms with Gasteiger partial charge in [0.05, 0.1) is 23.6 Å². The van der Waals surface area contributed by atoms with E-state index in [1.54, 1.807) is 6.07 Å². The highest BCUT2D eigenvalue weighted by atomic mass is 16.4. The minimum absolute atomic E-state index is 0.294. The van der Waals surface area contributed by atoms with E-state index >= 15 is 0 Å². The molecular weight excluding hydrogens is 284 g/mol. The number of carboxylic acid groups (broad SMARTS) is 1. The second-order valence-corrected chi connectivity index (χ2v) is 5.33. The summed E-state index contributed by atoms with van der Waals surface area (Å²) < 4.78 is 0. The lowest BCUT2D eigenvalue weighted by Gasteiger charge is -2.22. The Labute approximate surface area is 127 Å². The van der Waals surface area contributed by atoms with Crippen molar-refractivity contribution in [1.82, 2.24) is 19.9 Å². The predicted octanol–water partition coefficient (Wildman–Crippen LogP) is 1.26. The fraction of sp³-hybridized carbons (Fsp3) is 0.333. The zero-order chi connectivity index (χ0) is 15.7. The summed E-state index contributed by atoms with van der Waals surface area (Å²) >= 11 is 0. The zero-order valence-corrected chi connectivity index (χ0v) is 12.1. The summed E-state index contributed by atoms with van der Waals surface area (Å²) in [4.78, 5) is 26.9. The first-order chi connectivity index (χ1) is 10.6. The molecule has 7 nitrogen and oxygen atoms in total. The molecule has 0 spiro atoms. The summed E-state index contributed by atoms with van der Waals surface area (Å²) in [5.41, 5.74) is 1.95. The van der Waals surface area contributed by atoms with Crippen LogP contribution in [0.1, 0.15) is 28.8 Å². The third-order valence-electron chi connectivity index (χ3n) is 3.82. The second kappa shape index (κ2) is 5.59. The van der Waals surface area contributed by atoms with Gasteiger partial charge in [0, 0.05) is 6.54 Å². The Morgan fingerprint density at radius 2 is 2.00 bits per heavy atom. The van der Waals surface area contributed by atoms with Gasteiger partial charge in [-0.15, -0.1) is 0 Å². The van der Waals surface area contributed by atoms with E-state index in [9.17, 15) is 14.7 Å². The molecule has 1 aliphatic heterocycles. The van der Waals surface area contributed by atoms with Crippen molar-refractivity contribution >= 4 is 11.9 Å². The number of carboxylic acids is 1. The highest BCUT2D eigenvalue weighted by molar-refractivity contribution is 6.00. The minimum atomic E-state index is -0.961. The van der Waals surface area contributed by atoms with Crippen molar-refractivity contribution in [3.8, 4) is 5.69 Å². The van der Waals surface area contributed by atoms with E-state index in [-0.39, 0.29) is 5.91 Å². The number of rotatable bonds is 3. The maximum Gasteiger partial charge on any atom is 0.326 e. The van der Waals surface area contributed by atoms with Crippen LogP contribution in [0.15, 0.2) is 30.6 Å². The summed E-state index contributed by atoms with van der Waals surface area (Å²) in [5.74, 6) is -1.26. The zero-order valence-electron chi connectivity index (χ0n) is 12.1. The Hall–Kier alpha value is -2.70. The molecule has 1 aromatic heterocycles. The van der Waals surface area contributed by atoms with Gasteiger partial charge in [-0.05, 0) is 37.5 Å². The van der Waals surface area contributed by atoms with Gasteiger partial charge in [-0.1, -0.05) is 6.07 Å². The van der Waals surface area contributed by atoms with Crippen LogP contribution in [0.4, 0.5) is 0 Å². The summed E-state index contributed by atoms with van der Waals surface area (Å²) in [6, 6.07) is 4.59. The smallest absolute Gasteiger partial charge is 0.326 e. The average Bonchev–Trinajstić information content (AvgIpc) is 3.18. The molecule has 1 saturated heterocycles. The predicted molar refractivity (Wildman–Crippen MR) is 77.8 cm³/mol. The first-order valence-corrected chi connectivity index (χ1v) is 7.09. The van der Waals surface area contributed by atoms with E-state index in [1.165, 1.54) is 22.1 Å². The molecule has 0 unspecified atom stereocenters. The van der Waals surface area contributed by atoms with Crippen LogP contribution in [-0.2, 0) is 4.79 Å². The summed E-state index contributed by atoms with van der Waals surface area (Å²) in [6.45, 7) is 2.37. The van der Waals surface area contributed by atoms with Gasteiger partial charge in [0.15, 0.2) is 0 Å². The Bertz CT molecular complexity index is 712. The van der Waals surface area contributed by atoms with Crippen molar-refractivity contribution in [2.75, 3.05) is 6.54 Å². The molecule has 1 fully saturated rings. The quantitative estimate of drug-likeness (QED) is 0.922. The van der Waals surface area contributed by atoms with Crippen LogP contribution in [0.25, 0.3) is 5.69 Å². The molecule has 7 heteroatoms. The second-order valence-electron chi connectivity index (χ2n) is 5.33. The Morgan fingerprint density at radius 3 is 2.68 bits per heavy atom. The van der Waals surface area contributed by atoms with Crippen molar-refractivity contribution in [3.63, 3.8) is 0 Å². The van der Waals surface area contributed by atoms with Crippen molar-refractivity contribution < 1.29 is 14.7 Å². The summed E-state index contributed by atoms with van der Waals surface area (Å²) in [7, 11) is 0. The third-order valence-corrected chi connectivity index (χ3v) is 3.82. The Balaban J connectivity index is 2.01. The van der Waals surface area contributed by atoms with Crippen LogP contribution in [0.5, 0.6) is 0 Å². The lowest BCUT2D eigenvalue weighted by Crippen LogP contribution is -2.40. The van der Waals surface area contributed by atoms with Crippen LogP contribution in [0.3, 0.4) is 0 Å². The van der Waals surface area contributed by atoms with Gasteiger partial charge in [0.1, 0.15) is 6.04 Å². The molecule has 0 bridgehead atoms. The lowest BCUT2D eigenvalue weighted by molar-refractivity contribution is -0.141. The minimum Gasteiger partial charge on any atom is -0.480 e. The summed E-state index contributed by atoms with van der Waals surface area (Å²) in [5, 5.41) is 17.4. The molecular formula is C15H16N4O3. The molecule has 2 heterocycles. The maximum absolute atomic E-state index is 12.8. The number of hydrogen-bond donors (Lipinski definition) is 1. The van der Waals surface area contributed by atoms with Crippen LogP contribution in [-0.4, -0.2) is 49.5 Å². The van der Waals surface area contributed by atoms with Crippen LogP contribution < -0.4 is 0 Å². The van der Waals surface area contributed by atoms with Crippen molar-refractivity contribution in [3.05, 3.63) is 41.7 Å².